The molecule has 0 bridgehead atoms. The largest absolute Gasteiger partial charge is 0.491 e. The number of rotatable bonds is 5. The highest BCUT2D eigenvalue weighted by molar-refractivity contribution is 8.02. The highest BCUT2D eigenvalue weighted by Gasteiger charge is 2.27. The lowest BCUT2D eigenvalue weighted by molar-refractivity contribution is -0.117. The van der Waals surface area contributed by atoms with Gasteiger partial charge in [0, 0.05) is 22.3 Å². The summed E-state index contributed by atoms with van der Waals surface area (Å²) in [5.74, 6) is 0.102. The standard InChI is InChI=1S/C18H15NO3S/c1-22-17(18(20)19-21)11-23-10-16-14-8-4-2-6-12(14)13-7-3-5-9-15(13)16/h2-9,11,16H,10H2,1H3/b17-11-. The van der Waals surface area contributed by atoms with E-state index < -0.39 is 5.91 Å². The zero-order valence-corrected chi connectivity index (χ0v) is 13.4. The van der Waals surface area contributed by atoms with Crippen molar-refractivity contribution in [1.29, 1.82) is 0 Å². The van der Waals surface area contributed by atoms with E-state index in [1.165, 1.54) is 41.1 Å². The molecule has 2 aromatic carbocycles. The van der Waals surface area contributed by atoms with Crippen molar-refractivity contribution in [2.24, 2.45) is 5.18 Å². The van der Waals surface area contributed by atoms with Crippen molar-refractivity contribution < 1.29 is 9.53 Å². The van der Waals surface area contributed by atoms with Crippen molar-refractivity contribution in [3.05, 3.63) is 75.7 Å². The first-order valence-electron chi connectivity index (χ1n) is 7.18. The highest BCUT2D eigenvalue weighted by atomic mass is 32.2. The van der Waals surface area contributed by atoms with Crippen LogP contribution in [0.4, 0.5) is 0 Å². The van der Waals surface area contributed by atoms with Crippen LogP contribution in [0.25, 0.3) is 11.1 Å². The SMILES string of the molecule is CO/C(=C\SCC1c2ccccc2-c2ccccc21)C(=O)N=O. The Balaban J connectivity index is 1.85. The predicted octanol–water partition coefficient (Wildman–Crippen LogP) is 4.31. The molecule has 3 rings (SSSR count). The molecule has 0 N–H and O–H groups in total. The minimum absolute atomic E-state index is 0.0235. The number of benzene rings is 2. The van der Waals surface area contributed by atoms with Crippen LogP contribution in [0.2, 0.25) is 0 Å². The molecule has 0 fully saturated rings. The first-order valence-corrected chi connectivity index (χ1v) is 8.22. The fourth-order valence-electron chi connectivity index (χ4n) is 2.89. The van der Waals surface area contributed by atoms with Gasteiger partial charge in [0.1, 0.15) is 0 Å². The molecule has 0 atom stereocenters. The second kappa shape index (κ2) is 6.79. The van der Waals surface area contributed by atoms with Crippen LogP contribution in [0.1, 0.15) is 17.0 Å². The average Bonchev–Trinajstić information content (AvgIpc) is 2.92. The molecule has 0 aliphatic heterocycles. The summed E-state index contributed by atoms with van der Waals surface area (Å²) in [6.45, 7) is 0. The van der Waals surface area contributed by atoms with E-state index in [9.17, 15) is 9.70 Å². The molecule has 1 aliphatic carbocycles. The normalized spacial score (nSPS) is 13.3. The van der Waals surface area contributed by atoms with Gasteiger partial charge < -0.3 is 4.74 Å². The average molecular weight is 325 g/mol. The maximum absolute atomic E-state index is 11.3. The Morgan fingerprint density at radius 3 is 2.22 bits per heavy atom. The molecule has 116 valence electrons. The van der Waals surface area contributed by atoms with Crippen molar-refractivity contribution >= 4 is 17.7 Å². The number of amides is 1. The Morgan fingerprint density at radius 2 is 1.70 bits per heavy atom. The van der Waals surface area contributed by atoms with Crippen LogP contribution in [-0.4, -0.2) is 18.8 Å². The second-order valence-corrected chi connectivity index (χ2v) is 6.05. The zero-order valence-electron chi connectivity index (χ0n) is 12.6. The third-order valence-electron chi connectivity index (χ3n) is 3.93. The number of carbonyl (C=O) groups is 1. The quantitative estimate of drug-likeness (QED) is 0.467. The summed E-state index contributed by atoms with van der Waals surface area (Å²) in [5.41, 5.74) is 5.09. The van der Waals surface area contributed by atoms with Gasteiger partial charge in [0.05, 0.1) is 7.11 Å². The van der Waals surface area contributed by atoms with Crippen LogP contribution in [0.3, 0.4) is 0 Å². The number of thioether (sulfide) groups is 1. The molecule has 1 amide bonds. The highest BCUT2D eigenvalue weighted by Crippen LogP contribution is 2.45. The molecule has 5 heteroatoms. The smallest absolute Gasteiger partial charge is 0.351 e. The minimum Gasteiger partial charge on any atom is -0.491 e. The van der Waals surface area contributed by atoms with Gasteiger partial charge in [-0.05, 0) is 22.3 Å². The molecular formula is C18H15NO3S. The van der Waals surface area contributed by atoms with Gasteiger partial charge in [0.2, 0.25) is 0 Å². The summed E-state index contributed by atoms with van der Waals surface area (Å²) in [6.07, 6.45) is 0. The van der Waals surface area contributed by atoms with Gasteiger partial charge in [-0.1, -0.05) is 48.5 Å². The number of hydrogen-bond acceptors (Lipinski definition) is 4. The van der Waals surface area contributed by atoms with Crippen molar-refractivity contribution in [2.45, 2.75) is 5.92 Å². The van der Waals surface area contributed by atoms with Gasteiger partial charge in [-0.15, -0.1) is 16.7 Å². The van der Waals surface area contributed by atoms with Crippen molar-refractivity contribution in [1.82, 2.24) is 0 Å². The monoisotopic (exact) mass is 325 g/mol. The molecule has 1 aliphatic rings. The van der Waals surface area contributed by atoms with Crippen LogP contribution in [-0.2, 0) is 9.53 Å². The molecule has 0 saturated heterocycles. The molecule has 23 heavy (non-hydrogen) atoms. The van der Waals surface area contributed by atoms with Crippen LogP contribution in [0.5, 0.6) is 0 Å². The lowest BCUT2D eigenvalue weighted by Gasteiger charge is -2.12. The van der Waals surface area contributed by atoms with E-state index in [-0.39, 0.29) is 11.7 Å². The Morgan fingerprint density at radius 1 is 1.13 bits per heavy atom. The van der Waals surface area contributed by atoms with Crippen LogP contribution in [0.15, 0.2) is 64.9 Å². The minimum atomic E-state index is -0.882. The Hall–Kier alpha value is -2.40. The summed E-state index contributed by atoms with van der Waals surface area (Å²) < 4.78 is 4.90. The van der Waals surface area contributed by atoms with Gasteiger partial charge >= 0.3 is 5.91 Å². The Bertz CT molecular complexity index is 740. The van der Waals surface area contributed by atoms with Crippen LogP contribution >= 0.6 is 11.8 Å². The lowest BCUT2D eigenvalue weighted by atomic mass is 9.99. The first-order chi connectivity index (χ1) is 11.3. The van der Waals surface area contributed by atoms with Gasteiger partial charge in [-0.2, -0.15) is 0 Å². The van der Waals surface area contributed by atoms with E-state index in [0.717, 1.165) is 5.75 Å². The fraction of sp³-hybridized carbons (Fsp3) is 0.167. The van der Waals surface area contributed by atoms with E-state index >= 15 is 0 Å². The molecule has 0 heterocycles. The summed E-state index contributed by atoms with van der Waals surface area (Å²) in [6, 6.07) is 16.7. The topological polar surface area (TPSA) is 55.7 Å². The number of ether oxygens (including phenoxy) is 1. The Kier molecular flexibility index (Phi) is 4.57. The van der Waals surface area contributed by atoms with Gasteiger partial charge in [0.25, 0.3) is 0 Å². The molecule has 0 radical (unpaired) electrons. The number of fused-ring (bicyclic) bond motifs is 3. The number of nitrogens with zero attached hydrogens (tertiary/aromatic N) is 1. The summed E-state index contributed by atoms with van der Waals surface area (Å²) in [4.78, 5) is 21.6. The molecule has 0 spiro atoms. The van der Waals surface area contributed by atoms with Gasteiger partial charge in [0.15, 0.2) is 5.76 Å². The summed E-state index contributed by atoms with van der Waals surface area (Å²) in [5, 5.41) is 3.95. The summed E-state index contributed by atoms with van der Waals surface area (Å²) in [7, 11) is 1.36. The molecular weight excluding hydrogens is 310 g/mol. The Labute approximate surface area is 138 Å². The van der Waals surface area contributed by atoms with Crippen molar-refractivity contribution in [2.75, 3.05) is 12.9 Å². The maximum atomic E-state index is 11.3. The summed E-state index contributed by atoms with van der Waals surface area (Å²) >= 11 is 1.45. The molecule has 4 nitrogen and oxygen atoms in total. The number of carbonyl (C=O) groups excluding carboxylic acids is 1. The predicted molar refractivity (Wildman–Crippen MR) is 92.1 cm³/mol. The number of nitroso groups, excluding NO2 is 1. The number of methoxy groups -OCH3 is 1. The maximum Gasteiger partial charge on any atom is 0.351 e. The van der Waals surface area contributed by atoms with E-state index in [4.69, 9.17) is 4.74 Å². The lowest BCUT2D eigenvalue weighted by Crippen LogP contribution is -2.02. The van der Waals surface area contributed by atoms with E-state index in [2.05, 4.69) is 29.4 Å². The third kappa shape index (κ3) is 2.92. The van der Waals surface area contributed by atoms with Crippen molar-refractivity contribution in [3.8, 4) is 11.1 Å². The van der Waals surface area contributed by atoms with E-state index in [1.807, 2.05) is 24.3 Å². The van der Waals surface area contributed by atoms with E-state index in [1.54, 1.807) is 5.41 Å². The first kappa shape index (κ1) is 15.5. The van der Waals surface area contributed by atoms with Gasteiger partial charge in [-0.3, -0.25) is 4.79 Å². The van der Waals surface area contributed by atoms with Crippen LogP contribution in [0, 0.1) is 4.91 Å². The zero-order chi connectivity index (χ0) is 16.2. The molecule has 0 aromatic heterocycles. The van der Waals surface area contributed by atoms with Crippen LogP contribution < -0.4 is 0 Å². The third-order valence-corrected chi connectivity index (χ3v) is 4.84. The molecule has 0 saturated carbocycles. The fourth-order valence-corrected chi connectivity index (χ4v) is 3.89. The van der Waals surface area contributed by atoms with Crippen molar-refractivity contribution in [3.63, 3.8) is 0 Å². The molecule has 2 aromatic rings. The molecule has 0 unspecified atom stereocenters. The number of hydrogen-bond donors (Lipinski definition) is 0. The second-order valence-electron chi connectivity index (χ2n) is 5.14. The van der Waals surface area contributed by atoms with Gasteiger partial charge in [-0.25, -0.2) is 0 Å². The van der Waals surface area contributed by atoms with E-state index in [0.29, 0.717) is 0 Å².